The second-order valence-electron chi connectivity index (χ2n) is 7.64. The van der Waals surface area contributed by atoms with Gasteiger partial charge in [-0.1, -0.05) is 18.2 Å². The third kappa shape index (κ3) is 2.63. The van der Waals surface area contributed by atoms with E-state index in [2.05, 4.69) is 41.3 Å². The van der Waals surface area contributed by atoms with Crippen molar-refractivity contribution in [3.05, 3.63) is 64.7 Å². The van der Waals surface area contributed by atoms with Crippen LogP contribution in [0.2, 0.25) is 0 Å². The highest BCUT2D eigenvalue weighted by atomic mass is 16.5. The highest BCUT2D eigenvalue weighted by molar-refractivity contribution is 5.88. The number of methoxy groups -OCH3 is 3. The summed E-state index contributed by atoms with van der Waals surface area (Å²) in [5.41, 5.74) is 5.63. The molecule has 3 aromatic carbocycles. The largest absolute Gasteiger partial charge is 0.497 e. The number of fused-ring (bicyclic) bond motifs is 6. The molecule has 0 aromatic heterocycles. The molecule has 0 aliphatic carbocycles. The Bertz CT molecular complexity index is 1060. The van der Waals surface area contributed by atoms with Crippen LogP contribution in [0.5, 0.6) is 17.2 Å². The van der Waals surface area contributed by atoms with Crippen LogP contribution in [0.4, 0.5) is 0 Å². The van der Waals surface area contributed by atoms with E-state index in [-0.39, 0.29) is 0 Å². The normalized spacial score (nSPS) is 18.2. The van der Waals surface area contributed by atoms with Crippen LogP contribution in [0.3, 0.4) is 0 Å². The lowest BCUT2D eigenvalue weighted by atomic mass is 9.82. The van der Waals surface area contributed by atoms with Gasteiger partial charge in [0.2, 0.25) is 0 Å². The molecule has 0 saturated carbocycles. The van der Waals surface area contributed by atoms with Crippen molar-refractivity contribution in [3.63, 3.8) is 0 Å². The lowest BCUT2D eigenvalue weighted by Gasteiger charge is -2.42. The molecule has 0 radical (unpaired) electrons. The van der Waals surface area contributed by atoms with E-state index >= 15 is 0 Å². The Morgan fingerprint density at radius 3 is 2.43 bits per heavy atom. The predicted molar refractivity (Wildman–Crippen MR) is 111 cm³/mol. The molecule has 2 aliphatic rings. The van der Waals surface area contributed by atoms with E-state index in [1.165, 1.54) is 33.0 Å². The second kappa shape index (κ2) is 6.71. The molecular weight excluding hydrogens is 350 g/mol. The Hall–Kier alpha value is -2.72. The summed E-state index contributed by atoms with van der Waals surface area (Å²) >= 11 is 0. The number of hydrogen-bond donors (Lipinski definition) is 0. The van der Waals surface area contributed by atoms with Crippen LogP contribution in [0.25, 0.3) is 10.8 Å². The topological polar surface area (TPSA) is 30.9 Å². The molecule has 0 N–H and O–H groups in total. The van der Waals surface area contributed by atoms with Crippen LogP contribution < -0.4 is 14.2 Å². The Kier molecular flexibility index (Phi) is 4.17. The van der Waals surface area contributed by atoms with Crippen molar-refractivity contribution in [1.29, 1.82) is 0 Å². The lowest BCUT2D eigenvalue weighted by molar-refractivity contribution is 0.161. The monoisotopic (exact) mass is 375 g/mol. The molecule has 1 atom stereocenters. The SMILES string of the molecule is COc1ccc2ccc3c(c2c1)CN1CCc2cc(OC)c(OC)cc2[C@H]1C3. The van der Waals surface area contributed by atoms with Crippen LogP contribution in [-0.4, -0.2) is 32.8 Å². The quantitative estimate of drug-likeness (QED) is 0.673. The summed E-state index contributed by atoms with van der Waals surface area (Å²) in [7, 11) is 5.14. The van der Waals surface area contributed by atoms with E-state index in [4.69, 9.17) is 14.2 Å². The van der Waals surface area contributed by atoms with Crippen molar-refractivity contribution < 1.29 is 14.2 Å². The maximum absolute atomic E-state index is 5.58. The number of rotatable bonds is 3. The first-order valence-electron chi connectivity index (χ1n) is 9.79. The second-order valence-corrected chi connectivity index (χ2v) is 7.64. The molecule has 2 heterocycles. The van der Waals surface area contributed by atoms with Crippen molar-refractivity contribution in [1.82, 2.24) is 4.90 Å². The fourth-order valence-electron chi connectivity index (χ4n) is 4.83. The van der Waals surface area contributed by atoms with Gasteiger partial charge in [0.15, 0.2) is 11.5 Å². The summed E-state index contributed by atoms with van der Waals surface area (Å²) in [5.74, 6) is 2.56. The van der Waals surface area contributed by atoms with Crippen LogP contribution >= 0.6 is 0 Å². The molecule has 0 unspecified atom stereocenters. The summed E-state index contributed by atoms with van der Waals surface area (Å²) in [6, 6.07) is 15.6. The van der Waals surface area contributed by atoms with E-state index in [0.29, 0.717) is 6.04 Å². The summed E-state index contributed by atoms with van der Waals surface area (Å²) in [6.07, 6.45) is 2.06. The fourth-order valence-corrected chi connectivity index (χ4v) is 4.83. The number of benzene rings is 3. The minimum absolute atomic E-state index is 0.388. The van der Waals surface area contributed by atoms with Gasteiger partial charge in [-0.3, -0.25) is 4.90 Å². The highest BCUT2D eigenvalue weighted by Crippen LogP contribution is 2.43. The van der Waals surface area contributed by atoms with Crippen LogP contribution in [0.15, 0.2) is 42.5 Å². The van der Waals surface area contributed by atoms with Crippen molar-refractivity contribution in [2.75, 3.05) is 27.9 Å². The van der Waals surface area contributed by atoms with Gasteiger partial charge in [-0.25, -0.2) is 0 Å². The van der Waals surface area contributed by atoms with Gasteiger partial charge < -0.3 is 14.2 Å². The van der Waals surface area contributed by atoms with E-state index in [1.807, 2.05) is 6.07 Å². The molecule has 144 valence electrons. The summed E-state index contributed by atoms with van der Waals surface area (Å²) in [4.78, 5) is 2.61. The first kappa shape index (κ1) is 17.4. The molecule has 2 aliphatic heterocycles. The Balaban J connectivity index is 1.60. The van der Waals surface area contributed by atoms with E-state index in [1.54, 1.807) is 21.3 Å². The van der Waals surface area contributed by atoms with Gasteiger partial charge in [-0.2, -0.15) is 0 Å². The van der Waals surface area contributed by atoms with E-state index < -0.39 is 0 Å². The van der Waals surface area contributed by atoms with Crippen LogP contribution in [-0.2, 0) is 19.4 Å². The number of nitrogens with zero attached hydrogens (tertiary/aromatic N) is 1. The molecule has 0 fully saturated rings. The Labute approximate surface area is 165 Å². The van der Waals surface area contributed by atoms with Crippen molar-refractivity contribution in [2.45, 2.75) is 25.4 Å². The zero-order valence-corrected chi connectivity index (χ0v) is 16.6. The third-order valence-electron chi connectivity index (χ3n) is 6.33. The molecule has 0 amide bonds. The molecule has 0 saturated heterocycles. The van der Waals surface area contributed by atoms with Crippen molar-refractivity contribution in [3.8, 4) is 17.2 Å². The van der Waals surface area contributed by atoms with Crippen molar-refractivity contribution in [2.24, 2.45) is 0 Å². The van der Waals surface area contributed by atoms with Gasteiger partial charge in [-0.05, 0) is 70.1 Å². The predicted octanol–water partition coefficient (Wildman–Crippen LogP) is 4.52. The van der Waals surface area contributed by atoms with E-state index in [0.717, 1.165) is 43.2 Å². The van der Waals surface area contributed by atoms with Gasteiger partial charge in [0, 0.05) is 19.1 Å². The smallest absolute Gasteiger partial charge is 0.161 e. The van der Waals surface area contributed by atoms with Gasteiger partial charge in [0.1, 0.15) is 5.75 Å². The summed E-state index contributed by atoms with van der Waals surface area (Å²) in [6.45, 7) is 2.03. The first-order valence-corrected chi connectivity index (χ1v) is 9.79. The van der Waals surface area contributed by atoms with Gasteiger partial charge >= 0.3 is 0 Å². The third-order valence-corrected chi connectivity index (χ3v) is 6.33. The summed E-state index contributed by atoms with van der Waals surface area (Å²) in [5, 5.41) is 2.59. The van der Waals surface area contributed by atoms with Crippen LogP contribution in [0.1, 0.15) is 28.3 Å². The standard InChI is InChI=1S/C24H25NO3/c1-26-18-7-6-15-4-5-16-10-22-20-13-24(28-3)23(27-2)11-17(20)8-9-25(22)14-21(16)19(15)12-18/h4-7,11-13,22H,8-10,14H2,1-3H3/t22-/m1/s1. The minimum atomic E-state index is 0.388. The van der Waals surface area contributed by atoms with Gasteiger partial charge in [0.05, 0.1) is 21.3 Å². The molecule has 4 nitrogen and oxygen atoms in total. The van der Waals surface area contributed by atoms with Gasteiger partial charge in [-0.15, -0.1) is 0 Å². The van der Waals surface area contributed by atoms with E-state index in [9.17, 15) is 0 Å². The minimum Gasteiger partial charge on any atom is -0.497 e. The molecule has 5 rings (SSSR count). The molecular formula is C24H25NO3. The zero-order chi connectivity index (χ0) is 19.3. The maximum Gasteiger partial charge on any atom is 0.161 e. The molecule has 0 bridgehead atoms. The fraction of sp³-hybridized carbons (Fsp3) is 0.333. The molecule has 28 heavy (non-hydrogen) atoms. The average Bonchev–Trinajstić information content (AvgIpc) is 2.76. The maximum atomic E-state index is 5.58. The Morgan fingerprint density at radius 1 is 0.857 bits per heavy atom. The summed E-state index contributed by atoms with van der Waals surface area (Å²) < 4.78 is 16.6. The number of ether oxygens (including phenoxy) is 3. The van der Waals surface area contributed by atoms with Crippen LogP contribution in [0, 0.1) is 0 Å². The first-order chi connectivity index (χ1) is 13.7. The Morgan fingerprint density at radius 2 is 1.64 bits per heavy atom. The average molecular weight is 375 g/mol. The molecule has 4 heteroatoms. The molecule has 0 spiro atoms. The number of hydrogen-bond acceptors (Lipinski definition) is 4. The van der Waals surface area contributed by atoms with Crippen molar-refractivity contribution >= 4 is 10.8 Å². The zero-order valence-electron chi connectivity index (χ0n) is 16.6. The highest BCUT2D eigenvalue weighted by Gasteiger charge is 2.33. The van der Waals surface area contributed by atoms with Gasteiger partial charge in [0.25, 0.3) is 0 Å². The molecule has 3 aromatic rings. The lowest BCUT2D eigenvalue weighted by Crippen LogP contribution is -2.39.